The molecule has 0 aromatic carbocycles. The minimum absolute atomic E-state index is 0.140. The highest BCUT2D eigenvalue weighted by molar-refractivity contribution is 5.88. The molecule has 0 aliphatic rings. The maximum Gasteiger partial charge on any atom is 0.333 e. The SMILES string of the molecule is CC=C(C(=O)O)C(CC)N=C=O. The number of rotatable bonds is 4. The second-order valence-electron chi connectivity index (χ2n) is 2.19. The number of aliphatic carboxylic acids is 1. The van der Waals surface area contributed by atoms with Crippen molar-refractivity contribution in [3.8, 4) is 0 Å². The van der Waals surface area contributed by atoms with E-state index in [1.165, 1.54) is 12.2 Å². The Balaban J connectivity index is 4.68. The molecule has 0 aromatic heterocycles. The van der Waals surface area contributed by atoms with Gasteiger partial charge in [0.15, 0.2) is 0 Å². The summed E-state index contributed by atoms with van der Waals surface area (Å²) in [7, 11) is 0. The first-order valence-electron chi connectivity index (χ1n) is 3.63. The van der Waals surface area contributed by atoms with Gasteiger partial charge in [0.25, 0.3) is 0 Å². The van der Waals surface area contributed by atoms with Crippen molar-refractivity contribution in [3.05, 3.63) is 11.6 Å². The number of carbonyl (C=O) groups is 1. The van der Waals surface area contributed by atoms with Crippen LogP contribution in [0.5, 0.6) is 0 Å². The fourth-order valence-corrected chi connectivity index (χ4v) is 0.903. The van der Waals surface area contributed by atoms with E-state index in [-0.39, 0.29) is 5.57 Å². The zero-order chi connectivity index (χ0) is 9.56. The maximum atomic E-state index is 10.5. The highest BCUT2D eigenvalue weighted by Gasteiger charge is 2.16. The van der Waals surface area contributed by atoms with Crippen LogP contribution in [0.3, 0.4) is 0 Å². The molecule has 0 bridgehead atoms. The number of carboxylic acids is 1. The van der Waals surface area contributed by atoms with Gasteiger partial charge in [-0.1, -0.05) is 13.0 Å². The lowest BCUT2D eigenvalue weighted by molar-refractivity contribution is -0.132. The molecule has 4 nitrogen and oxygen atoms in total. The van der Waals surface area contributed by atoms with Crippen molar-refractivity contribution in [2.75, 3.05) is 0 Å². The van der Waals surface area contributed by atoms with Crippen molar-refractivity contribution >= 4 is 12.0 Å². The van der Waals surface area contributed by atoms with Gasteiger partial charge in [0.1, 0.15) is 0 Å². The fourth-order valence-electron chi connectivity index (χ4n) is 0.903. The zero-order valence-corrected chi connectivity index (χ0v) is 7.07. The zero-order valence-electron chi connectivity index (χ0n) is 7.07. The van der Waals surface area contributed by atoms with Crippen molar-refractivity contribution in [3.63, 3.8) is 0 Å². The minimum atomic E-state index is -1.04. The lowest BCUT2D eigenvalue weighted by Crippen LogP contribution is -2.14. The summed E-state index contributed by atoms with van der Waals surface area (Å²) in [6.45, 7) is 3.37. The van der Waals surface area contributed by atoms with Crippen LogP contribution in [-0.2, 0) is 9.59 Å². The quantitative estimate of drug-likeness (QED) is 0.389. The molecule has 0 radical (unpaired) electrons. The van der Waals surface area contributed by atoms with Crippen LogP contribution in [0, 0.1) is 0 Å². The minimum Gasteiger partial charge on any atom is -0.478 e. The van der Waals surface area contributed by atoms with E-state index in [0.29, 0.717) is 6.42 Å². The van der Waals surface area contributed by atoms with Crippen LogP contribution in [-0.4, -0.2) is 23.2 Å². The molecule has 12 heavy (non-hydrogen) atoms. The van der Waals surface area contributed by atoms with Gasteiger partial charge >= 0.3 is 5.97 Å². The van der Waals surface area contributed by atoms with Crippen molar-refractivity contribution in [1.29, 1.82) is 0 Å². The van der Waals surface area contributed by atoms with Crippen molar-refractivity contribution in [2.45, 2.75) is 26.3 Å². The third-order valence-electron chi connectivity index (χ3n) is 1.51. The molecule has 66 valence electrons. The summed E-state index contributed by atoms with van der Waals surface area (Å²) in [5, 5.41) is 8.64. The van der Waals surface area contributed by atoms with Crippen molar-refractivity contribution in [2.24, 2.45) is 4.99 Å². The van der Waals surface area contributed by atoms with E-state index in [9.17, 15) is 9.59 Å². The average molecular weight is 169 g/mol. The number of hydrogen-bond acceptors (Lipinski definition) is 3. The number of hydrogen-bond donors (Lipinski definition) is 1. The van der Waals surface area contributed by atoms with E-state index < -0.39 is 12.0 Å². The monoisotopic (exact) mass is 169 g/mol. The van der Waals surface area contributed by atoms with E-state index in [1.54, 1.807) is 13.8 Å². The molecule has 0 rings (SSSR count). The van der Waals surface area contributed by atoms with Gasteiger partial charge in [-0.25, -0.2) is 9.59 Å². The summed E-state index contributed by atoms with van der Waals surface area (Å²) in [4.78, 5) is 23.8. The highest BCUT2D eigenvalue weighted by atomic mass is 16.4. The summed E-state index contributed by atoms with van der Waals surface area (Å²) in [5.41, 5.74) is 0.140. The van der Waals surface area contributed by atoms with Gasteiger partial charge < -0.3 is 5.11 Å². The van der Waals surface area contributed by atoms with Gasteiger partial charge in [-0.15, -0.1) is 0 Å². The summed E-state index contributed by atoms with van der Waals surface area (Å²) in [5.74, 6) is -1.04. The van der Waals surface area contributed by atoms with Gasteiger partial charge in [0.2, 0.25) is 6.08 Å². The summed E-state index contributed by atoms with van der Waals surface area (Å²) >= 11 is 0. The Morgan fingerprint density at radius 2 is 2.33 bits per heavy atom. The Bertz CT molecular complexity index is 239. The molecule has 1 N–H and O–H groups in total. The number of allylic oxidation sites excluding steroid dienone is 1. The molecule has 0 saturated heterocycles. The molecule has 0 aromatic rings. The largest absolute Gasteiger partial charge is 0.478 e. The maximum absolute atomic E-state index is 10.5. The summed E-state index contributed by atoms with van der Waals surface area (Å²) in [6.07, 6.45) is 3.29. The molecule has 4 heteroatoms. The van der Waals surface area contributed by atoms with E-state index in [0.717, 1.165) is 0 Å². The molecule has 1 atom stereocenters. The molecule has 0 saturated carbocycles. The highest BCUT2D eigenvalue weighted by Crippen LogP contribution is 2.09. The molecule has 0 aliphatic heterocycles. The number of carboxylic acid groups (broad SMARTS) is 1. The molecule has 0 heterocycles. The van der Waals surface area contributed by atoms with Crippen LogP contribution in [0.15, 0.2) is 16.6 Å². The second kappa shape index (κ2) is 5.27. The molecule has 0 fully saturated rings. The molecule has 0 spiro atoms. The van der Waals surface area contributed by atoms with Gasteiger partial charge in [-0.05, 0) is 13.3 Å². The van der Waals surface area contributed by atoms with Gasteiger partial charge in [0, 0.05) is 0 Å². The molecule has 1 unspecified atom stereocenters. The summed E-state index contributed by atoms with van der Waals surface area (Å²) < 4.78 is 0. The first-order valence-corrected chi connectivity index (χ1v) is 3.63. The molecular formula is C8H11NO3. The molecular weight excluding hydrogens is 158 g/mol. The average Bonchev–Trinajstić information content (AvgIpc) is 2.03. The standard InChI is InChI=1S/C8H11NO3/c1-3-6(8(11)12)7(4-2)9-5-10/h3,7H,4H2,1-2H3,(H,11,12). The lowest BCUT2D eigenvalue weighted by atomic mass is 10.1. The topological polar surface area (TPSA) is 66.7 Å². The Morgan fingerprint density at radius 1 is 1.75 bits per heavy atom. The van der Waals surface area contributed by atoms with Crippen molar-refractivity contribution in [1.82, 2.24) is 0 Å². The number of isocyanates is 1. The fraction of sp³-hybridized carbons (Fsp3) is 0.500. The molecule has 0 amide bonds. The normalized spacial score (nSPS) is 13.3. The van der Waals surface area contributed by atoms with E-state index in [4.69, 9.17) is 5.11 Å². The second-order valence-corrected chi connectivity index (χ2v) is 2.19. The van der Waals surface area contributed by atoms with E-state index in [1.807, 2.05) is 0 Å². The first kappa shape index (κ1) is 10.6. The number of carbonyl (C=O) groups excluding carboxylic acids is 1. The van der Waals surface area contributed by atoms with Crippen LogP contribution in [0.25, 0.3) is 0 Å². The third kappa shape index (κ3) is 2.68. The van der Waals surface area contributed by atoms with E-state index in [2.05, 4.69) is 4.99 Å². The smallest absolute Gasteiger partial charge is 0.333 e. The van der Waals surface area contributed by atoms with Gasteiger partial charge in [-0.3, -0.25) is 0 Å². The van der Waals surface area contributed by atoms with E-state index >= 15 is 0 Å². The third-order valence-corrected chi connectivity index (χ3v) is 1.51. The van der Waals surface area contributed by atoms with Crippen LogP contribution < -0.4 is 0 Å². The predicted molar refractivity (Wildman–Crippen MR) is 43.6 cm³/mol. The van der Waals surface area contributed by atoms with Crippen LogP contribution in [0.2, 0.25) is 0 Å². The van der Waals surface area contributed by atoms with Crippen molar-refractivity contribution < 1.29 is 14.7 Å². The Morgan fingerprint density at radius 3 is 2.58 bits per heavy atom. The summed E-state index contributed by atoms with van der Waals surface area (Å²) in [6, 6.07) is -0.565. The van der Waals surface area contributed by atoms with Crippen LogP contribution in [0.4, 0.5) is 0 Å². The number of nitrogens with zero attached hydrogens (tertiary/aromatic N) is 1. The Kier molecular flexibility index (Phi) is 4.65. The first-order chi connectivity index (χ1) is 5.67. The number of aliphatic imine (C=N–C) groups is 1. The van der Waals surface area contributed by atoms with Gasteiger partial charge in [0.05, 0.1) is 11.6 Å². The lowest BCUT2D eigenvalue weighted by Gasteiger charge is -2.06. The van der Waals surface area contributed by atoms with Crippen LogP contribution in [0.1, 0.15) is 20.3 Å². The Labute approximate surface area is 70.6 Å². The molecule has 0 aliphatic carbocycles. The van der Waals surface area contributed by atoms with Gasteiger partial charge in [-0.2, -0.15) is 4.99 Å². The van der Waals surface area contributed by atoms with Crippen LogP contribution >= 0.6 is 0 Å². The predicted octanol–water partition coefficient (Wildman–Crippen LogP) is 1.13. The Hall–Kier alpha value is -1.41.